The van der Waals surface area contributed by atoms with E-state index in [2.05, 4.69) is 32.6 Å². The van der Waals surface area contributed by atoms with Crippen molar-refractivity contribution in [1.29, 1.82) is 0 Å². The van der Waals surface area contributed by atoms with Crippen LogP contribution in [-0.2, 0) is 13.5 Å². The topological polar surface area (TPSA) is 67.7 Å². The number of nitrogens with zero attached hydrogens (tertiary/aromatic N) is 4. The number of nitrogens with one attached hydrogen (secondary N) is 2. The Labute approximate surface area is 113 Å². The highest BCUT2D eigenvalue weighted by molar-refractivity contribution is 5.60. The Morgan fingerprint density at radius 2 is 2.00 bits per heavy atom. The van der Waals surface area contributed by atoms with Crippen LogP contribution in [0.3, 0.4) is 0 Å². The number of anilines is 3. The molecule has 19 heavy (non-hydrogen) atoms. The third-order valence-corrected chi connectivity index (χ3v) is 2.78. The highest BCUT2D eigenvalue weighted by atomic mass is 15.3. The van der Waals surface area contributed by atoms with E-state index < -0.39 is 0 Å². The maximum absolute atomic E-state index is 4.52. The lowest BCUT2D eigenvalue weighted by Crippen LogP contribution is -2.04. The van der Waals surface area contributed by atoms with Gasteiger partial charge in [0.05, 0.1) is 11.4 Å². The molecule has 0 aromatic carbocycles. The molecule has 6 heteroatoms. The maximum Gasteiger partial charge on any atom is 0.136 e. The van der Waals surface area contributed by atoms with E-state index in [1.807, 2.05) is 33.3 Å². The number of hydrogen-bond acceptors (Lipinski definition) is 5. The minimum atomic E-state index is 0.791. The van der Waals surface area contributed by atoms with Crippen LogP contribution in [0, 0.1) is 6.92 Å². The highest BCUT2D eigenvalue weighted by Gasteiger charge is 2.07. The van der Waals surface area contributed by atoms with Crippen molar-refractivity contribution >= 4 is 17.3 Å². The summed E-state index contributed by atoms with van der Waals surface area (Å²) in [6.45, 7) is 4.09. The van der Waals surface area contributed by atoms with Crippen molar-refractivity contribution in [3.8, 4) is 0 Å². The Kier molecular flexibility index (Phi) is 3.99. The molecule has 0 unspecified atom stereocenters. The van der Waals surface area contributed by atoms with E-state index in [1.54, 1.807) is 4.68 Å². The minimum Gasteiger partial charge on any atom is -0.373 e. The van der Waals surface area contributed by atoms with Gasteiger partial charge in [-0.25, -0.2) is 9.97 Å². The van der Waals surface area contributed by atoms with Gasteiger partial charge < -0.3 is 10.6 Å². The summed E-state index contributed by atoms with van der Waals surface area (Å²) in [5, 5.41) is 10.7. The fraction of sp³-hybridized carbons (Fsp3) is 0.462. The van der Waals surface area contributed by atoms with E-state index in [-0.39, 0.29) is 0 Å². The first-order valence-corrected chi connectivity index (χ1v) is 6.45. The largest absolute Gasteiger partial charge is 0.373 e. The van der Waals surface area contributed by atoms with Crippen LogP contribution in [-0.4, -0.2) is 26.8 Å². The van der Waals surface area contributed by atoms with Crippen LogP contribution < -0.4 is 10.6 Å². The molecule has 0 amide bonds. The molecule has 0 saturated heterocycles. The first-order chi connectivity index (χ1) is 9.12. The van der Waals surface area contributed by atoms with Crippen LogP contribution in [0.4, 0.5) is 17.3 Å². The molecule has 2 aromatic heterocycles. The predicted octanol–water partition coefficient (Wildman–Crippen LogP) is 2.26. The number of hydrogen-bond donors (Lipinski definition) is 2. The van der Waals surface area contributed by atoms with Gasteiger partial charge in [-0.3, -0.25) is 4.68 Å². The van der Waals surface area contributed by atoms with Crippen molar-refractivity contribution in [3.63, 3.8) is 0 Å². The smallest absolute Gasteiger partial charge is 0.136 e. The van der Waals surface area contributed by atoms with Crippen LogP contribution in [0.15, 0.2) is 12.3 Å². The second-order valence-corrected chi connectivity index (χ2v) is 4.48. The first kappa shape index (κ1) is 13.3. The Morgan fingerprint density at radius 3 is 2.58 bits per heavy atom. The zero-order valence-corrected chi connectivity index (χ0v) is 11.9. The third kappa shape index (κ3) is 3.21. The van der Waals surface area contributed by atoms with Crippen LogP contribution in [0.2, 0.25) is 0 Å². The van der Waals surface area contributed by atoms with Crippen molar-refractivity contribution in [1.82, 2.24) is 19.7 Å². The van der Waals surface area contributed by atoms with Gasteiger partial charge in [-0.05, 0) is 13.3 Å². The molecule has 0 spiro atoms. The Balaban J connectivity index is 2.28. The molecule has 0 aliphatic carbocycles. The molecule has 102 valence electrons. The van der Waals surface area contributed by atoms with E-state index in [0.717, 1.165) is 41.7 Å². The molecule has 0 fully saturated rings. The maximum atomic E-state index is 4.52. The van der Waals surface area contributed by atoms with Crippen LogP contribution >= 0.6 is 0 Å². The van der Waals surface area contributed by atoms with Crippen molar-refractivity contribution in [3.05, 3.63) is 23.8 Å². The molecule has 2 heterocycles. The monoisotopic (exact) mass is 260 g/mol. The zero-order chi connectivity index (χ0) is 13.8. The minimum absolute atomic E-state index is 0.791. The highest BCUT2D eigenvalue weighted by Crippen LogP contribution is 2.19. The van der Waals surface area contributed by atoms with Gasteiger partial charge >= 0.3 is 0 Å². The van der Waals surface area contributed by atoms with E-state index in [4.69, 9.17) is 0 Å². The van der Waals surface area contributed by atoms with Crippen molar-refractivity contribution in [2.45, 2.75) is 26.7 Å². The Bertz CT molecular complexity index is 560. The summed E-state index contributed by atoms with van der Waals surface area (Å²) in [6, 6.07) is 1.89. The standard InChI is InChI=1S/C13H20N6/c1-5-6-11-16-12(14-3)7-13(17-11)15-10-8-19(4)18-9(10)2/h7-8H,5-6H2,1-4H3,(H2,14,15,16,17). The normalized spacial score (nSPS) is 10.5. The van der Waals surface area contributed by atoms with E-state index in [1.165, 1.54) is 0 Å². The quantitative estimate of drug-likeness (QED) is 0.863. The summed E-state index contributed by atoms with van der Waals surface area (Å²) in [7, 11) is 3.76. The molecular formula is C13H20N6. The average molecular weight is 260 g/mol. The Morgan fingerprint density at radius 1 is 1.26 bits per heavy atom. The van der Waals surface area contributed by atoms with Crippen molar-refractivity contribution in [2.75, 3.05) is 17.7 Å². The molecule has 0 saturated carbocycles. The number of aryl methyl sites for hydroxylation is 3. The lowest BCUT2D eigenvalue weighted by atomic mass is 10.3. The Hall–Kier alpha value is -2.11. The molecule has 2 N–H and O–H groups in total. The van der Waals surface area contributed by atoms with Gasteiger partial charge in [0.1, 0.15) is 17.5 Å². The van der Waals surface area contributed by atoms with Gasteiger partial charge in [0.2, 0.25) is 0 Å². The van der Waals surface area contributed by atoms with Gasteiger partial charge in [-0.2, -0.15) is 5.10 Å². The van der Waals surface area contributed by atoms with Gasteiger partial charge in [0, 0.05) is 32.8 Å². The number of aromatic nitrogens is 4. The fourth-order valence-corrected chi connectivity index (χ4v) is 1.88. The molecule has 0 radical (unpaired) electrons. The second-order valence-electron chi connectivity index (χ2n) is 4.48. The molecule has 6 nitrogen and oxygen atoms in total. The van der Waals surface area contributed by atoms with Gasteiger partial charge in [0.15, 0.2) is 0 Å². The predicted molar refractivity (Wildman–Crippen MR) is 76.8 cm³/mol. The number of rotatable bonds is 5. The second kappa shape index (κ2) is 5.69. The molecule has 0 atom stereocenters. The summed E-state index contributed by atoms with van der Waals surface area (Å²) >= 11 is 0. The average Bonchev–Trinajstić information content (AvgIpc) is 2.68. The fourth-order valence-electron chi connectivity index (χ4n) is 1.88. The summed E-state index contributed by atoms with van der Waals surface area (Å²) in [4.78, 5) is 8.95. The molecule has 0 aliphatic heterocycles. The van der Waals surface area contributed by atoms with Gasteiger partial charge in [0.25, 0.3) is 0 Å². The molecular weight excluding hydrogens is 240 g/mol. The lowest BCUT2D eigenvalue weighted by Gasteiger charge is -2.08. The van der Waals surface area contributed by atoms with Crippen LogP contribution in [0.1, 0.15) is 24.9 Å². The van der Waals surface area contributed by atoms with Gasteiger partial charge in [-0.1, -0.05) is 6.92 Å². The molecule has 2 aromatic rings. The van der Waals surface area contributed by atoms with Crippen LogP contribution in [0.5, 0.6) is 0 Å². The third-order valence-electron chi connectivity index (χ3n) is 2.78. The van der Waals surface area contributed by atoms with Crippen LogP contribution in [0.25, 0.3) is 0 Å². The summed E-state index contributed by atoms with van der Waals surface area (Å²) in [5.41, 5.74) is 1.91. The van der Waals surface area contributed by atoms with E-state index in [9.17, 15) is 0 Å². The summed E-state index contributed by atoms with van der Waals surface area (Å²) in [5.74, 6) is 2.46. The van der Waals surface area contributed by atoms with Crippen molar-refractivity contribution in [2.24, 2.45) is 7.05 Å². The zero-order valence-electron chi connectivity index (χ0n) is 11.9. The van der Waals surface area contributed by atoms with E-state index >= 15 is 0 Å². The molecule has 2 rings (SSSR count). The SMILES string of the molecule is CCCc1nc(NC)cc(Nc2cn(C)nc2C)n1. The molecule has 0 aliphatic rings. The molecule has 0 bridgehead atoms. The van der Waals surface area contributed by atoms with Gasteiger partial charge in [-0.15, -0.1) is 0 Å². The summed E-state index contributed by atoms with van der Waals surface area (Å²) in [6.07, 6.45) is 3.84. The van der Waals surface area contributed by atoms with E-state index in [0.29, 0.717) is 0 Å². The summed E-state index contributed by atoms with van der Waals surface area (Å²) < 4.78 is 1.78. The van der Waals surface area contributed by atoms with Crippen molar-refractivity contribution < 1.29 is 0 Å². The lowest BCUT2D eigenvalue weighted by molar-refractivity contribution is 0.756. The first-order valence-electron chi connectivity index (χ1n) is 6.45.